The van der Waals surface area contributed by atoms with Crippen molar-refractivity contribution in [2.45, 2.75) is 13.3 Å². The molecule has 1 amide bonds. The number of carbonyl (C=O) groups excluding carboxylic acids is 1. The number of carbonyl (C=O) groups is 1. The number of anilines is 1. The van der Waals surface area contributed by atoms with Crippen molar-refractivity contribution in [3.8, 4) is 11.5 Å². The van der Waals surface area contributed by atoms with E-state index in [0.717, 1.165) is 22.2 Å². The highest BCUT2D eigenvalue weighted by atomic mass is 16.3. The highest BCUT2D eigenvalue weighted by Gasteiger charge is 2.11. The molecule has 0 saturated heterocycles. The van der Waals surface area contributed by atoms with Gasteiger partial charge in [-0.15, -0.1) is 0 Å². The van der Waals surface area contributed by atoms with Crippen LogP contribution in [-0.2, 0) is 11.2 Å². The molecule has 1 N–H and O–H groups in total. The predicted molar refractivity (Wildman–Crippen MR) is 103 cm³/mol. The van der Waals surface area contributed by atoms with Crippen molar-refractivity contribution >= 4 is 22.7 Å². The van der Waals surface area contributed by atoms with Gasteiger partial charge in [0.15, 0.2) is 5.58 Å². The number of rotatable bonds is 4. The van der Waals surface area contributed by atoms with E-state index in [4.69, 9.17) is 4.42 Å². The fourth-order valence-corrected chi connectivity index (χ4v) is 2.92. The first-order valence-electron chi connectivity index (χ1n) is 8.49. The van der Waals surface area contributed by atoms with Crippen molar-refractivity contribution in [2.24, 2.45) is 0 Å². The standard InChI is InChI=1S/C22H18N2O2/c1-15-7-5-6-10-18(15)22-24-19-12-11-17(14-20(19)26-22)23-21(25)13-16-8-3-2-4-9-16/h2-12,14H,13H2,1H3,(H,23,25). The Labute approximate surface area is 151 Å². The zero-order valence-corrected chi connectivity index (χ0v) is 14.4. The second-order valence-electron chi connectivity index (χ2n) is 6.23. The van der Waals surface area contributed by atoms with E-state index in [9.17, 15) is 4.79 Å². The maximum atomic E-state index is 12.2. The summed E-state index contributed by atoms with van der Waals surface area (Å²) in [4.78, 5) is 16.8. The number of fused-ring (bicyclic) bond motifs is 1. The molecule has 0 spiro atoms. The molecule has 0 fully saturated rings. The average molecular weight is 342 g/mol. The van der Waals surface area contributed by atoms with Gasteiger partial charge in [-0.2, -0.15) is 0 Å². The topological polar surface area (TPSA) is 55.1 Å². The molecule has 4 heteroatoms. The summed E-state index contributed by atoms with van der Waals surface area (Å²) >= 11 is 0. The maximum Gasteiger partial charge on any atom is 0.228 e. The minimum atomic E-state index is -0.0609. The summed E-state index contributed by atoms with van der Waals surface area (Å²) in [6, 6.07) is 23.1. The van der Waals surface area contributed by atoms with Gasteiger partial charge in [0.05, 0.1) is 6.42 Å². The zero-order chi connectivity index (χ0) is 17.9. The summed E-state index contributed by atoms with van der Waals surface area (Å²) in [5, 5.41) is 2.92. The molecule has 0 unspecified atom stereocenters. The third-order valence-electron chi connectivity index (χ3n) is 4.26. The summed E-state index contributed by atoms with van der Waals surface area (Å²) in [5.41, 5.74) is 5.18. The first-order chi connectivity index (χ1) is 12.7. The van der Waals surface area contributed by atoms with Gasteiger partial charge in [-0.3, -0.25) is 4.79 Å². The van der Waals surface area contributed by atoms with Crippen LogP contribution in [0.2, 0.25) is 0 Å². The smallest absolute Gasteiger partial charge is 0.228 e. The lowest BCUT2D eigenvalue weighted by molar-refractivity contribution is -0.115. The van der Waals surface area contributed by atoms with Gasteiger partial charge in [0.1, 0.15) is 5.52 Å². The summed E-state index contributed by atoms with van der Waals surface area (Å²) in [6.07, 6.45) is 0.337. The van der Waals surface area contributed by atoms with E-state index in [-0.39, 0.29) is 5.91 Å². The number of aryl methyl sites for hydroxylation is 1. The van der Waals surface area contributed by atoms with Gasteiger partial charge in [-0.05, 0) is 36.2 Å². The predicted octanol–water partition coefficient (Wildman–Crippen LogP) is 4.98. The Kier molecular flexibility index (Phi) is 4.23. The van der Waals surface area contributed by atoms with E-state index < -0.39 is 0 Å². The third kappa shape index (κ3) is 3.35. The number of hydrogen-bond acceptors (Lipinski definition) is 3. The van der Waals surface area contributed by atoms with Crippen LogP contribution >= 0.6 is 0 Å². The lowest BCUT2D eigenvalue weighted by Gasteiger charge is -2.05. The molecule has 1 heterocycles. The van der Waals surface area contributed by atoms with Gasteiger partial charge in [0.25, 0.3) is 0 Å². The Morgan fingerprint density at radius 3 is 2.58 bits per heavy atom. The number of hydrogen-bond donors (Lipinski definition) is 1. The van der Waals surface area contributed by atoms with Crippen molar-refractivity contribution in [1.29, 1.82) is 0 Å². The first kappa shape index (κ1) is 16.1. The molecule has 4 rings (SSSR count). The number of benzene rings is 3. The zero-order valence-electron chi connectivity index (χ0n) is 14.4. The second-order valence-corrected chi connectivity index (χ2v) is 6.23. The molecule has 0 saturated carbocycles. The molecule has 0 atom stereocenters. The van der Waals surface area contributed by atoms with Crippen molar-refractivity contribution in [1.82, 2.24) is 4.98 Å². The highest BCUT2D eigenvalue weighted by molar-refractivity contribution is 5.94. The summed E-state index contributed by atoms with van der Waals surface area (Å²) in [5.74, 6) is 0.528. The number of oxazole rings is 1. The second kappa shape index (κ2) is 6.84. The van der Waals surface area contributed by atoms with Crippen LogP contribution in [0.5, 0.6) is 0 Å². The van der Waals surface area contributed by atoms with Gasteiger partial charge < -0.3 is 9.73 Å². The molecular formula is C22H18N2O2. The van der Waals surface area contributed by atoms with Crippen molar-refractivity contribution in [2.75, 3.05) is 5.32 Å². The van der Waals surface area contributed by atoms with Crippen molar-refractivity contribution < 1.29 is 9.21 Å². The van der Waals surface area contributed by atoms with Crippen LogP contribution in [0.4, 0.5) is 5.69 Å². The lowest BCUT2D eigenvalue weighted by atomic mass is 10.1. The van der Waals surface area contributed by atoms with E-state index in [1.807, 2.05) is 79.7 Å². The Hall–Kier alpha value is -3.40. The minimum absolute atomic E-state index is 0.0609. The first-order valence-corrected chi connectivity index (χ1v) is 8.49. The van der Waals surface area contributed by atoms with Gasteiger partial charge in [0.2, 0.25) is 11.8 Å². The Bertz CT molecular complexity index is 1070. The fourth-order valence-electron chi connectivity index (χ4n) is 2.92. The quantitative estimate of drug-likeness (QED) is 0.569. The highest BCUT2D eigenvalue weighted by Crippen LogP contribution is 2.28. The van der Waals surface area contributed by atoms with Crippen molar-refractivity contribution in [3.05, 3.63) is 83.9 Å². The number of nitrogens with one attached hydrogen (secondary N) is 1. The lowest BCUT2D eigenvalue weighted by Crippen LogP contribution is -2.14. The summed E-state index contributed by atoms with van der Waals surface area (Å²) in [7, 11) is 0. The Morgan fingerprint density at radius 1 is 1.00 bits per heavy atom. The van der Waals surface area contributed by atoms with E-state index in [1.165, 1.54) is 0 Å². The van der Waals surface area contributed by atoms with Gasteiger partial charge in [0, 0.05) is 17.3 Å². The van der Waals surface area contributed by atoms with Crippen LogP contribution < -0.4 is 5.32 Å². The molecule has 0 bridgehead atoms. The molecule has 3 aromatic carbocycles. The minimum Gasteiger partial charge on any atom is -0.436 e. The third-order valence-corrected chi connectivity index (χ3v) is 4.26. The van der Waals surface area contributed by atoms with E-state index >= 15 is 0 Å². The van der Waals surface area contributed by atoms with E-state index in [2.05, 4.69) is 10.3 Å². The molecule has 4 aromatic rings. The molecule has 4 nitrogen and oxygen atoms in total. The van der Waals surface area contributed by atoms with Crippen LogP contribution in [0.15, 0.2) is 77.2 Å². The molecule has 0 aliphatic heterocycles. The van der Waals surface area contributed by atoms with Crippen LogP contribution in [0.3, 0.4) is 0 Å². The van der Waals surface area contributed by atoms with Crippen LogP contribution in [0.1, 0.15) is 11.1 Å². The molecule has 128 valence electrons. The normalized spacial score (nSPS) is 10.8. The fraction of sp³-hybridized carbons (Fsp3) is 0.0909. The van der Waals surface area contributed by atoms with Gasteiger partial charge in [-0.1, -0.05) is 48.5 Å². The van der Waals surface area contributed by atoms with E-state index in [1.54, 1.807) is 0 Å². The van der Waals surface area contributed by atoms with E-state index in [0.29, 0.717) is 23.6 Å². The largest absolute Gasteiger partial charge is 0.436 e. The van der Waals surface area contributed by atoms with Crippen LogP contribution in [0, 0.1) is 6.92 Å². The van der Waals surface area contributed by atoms with Gasteiger partial charge >= 0.3 is 0 Å². The SMILES string of the molecule is Cc1ccccc1-c1nc2ccc(NC(=O)Cc3ccccc3)cc2o1. The molecule has 0 aliphatic carbocycles. The monoisotopic (exact) mass is 342 g/mol. The summed E-state index contributed by atoms with van der Waals surface area (Å²) < 4.78 is 5.91. The molecule has 26 heavy (non-hydrogen) atoms. The van der Waals surface area contributed by atoms with Crippen molar-refractivity contribution in [3.63, 3.8) is 0 Å². The van der Waals surface area contributed by atoms with Gasteiger partial charge in [-0.25, -0.2) is 4.98 Å². The Morgan fingerprint density at radius 2 is 1.77 bits per heavy atom. The Balaban J connectivity index is 1.56. The number of aromatic nitrogens is 1. The number of amides is 1. The molecular weight excluding hydrogens is 324 g/mol. The summed E-state index contributed by atoms with van der Waals surface area (Å²) in [6.45, 7) is 2.03. The average Bonchev–Trinajstić information content (AvgIpc) is 3.06. The number of nitrogens with zero attached hydrogens (tertiary/aromatic N) is 1. The van der Waals surface area contributed by atoms with Crippen LogP contribution in [-0.4, -0.2) is 10.9 Å². The molecule has 1 aromatic heterocycles. The maximum absolute atomic E-state index is 12.2. The molecule has 0 aliphatic rings. The molecule has 0 radical (unpaired) electrons. The van der Waals surface area contributed by atoms with Crippen LogP contribution in [0.25, 0.3) is 22.6 Å².